The number of carbonyl (C=O) groups excluding carboxylic acids is 1. The fourth-order valence-electron chi connectivity index (χ4n) is 2.89. The summed E-state index contributed by atoms with van der Waals surface area (Å²) < 4.78 is 0. The third-order valence-electron chi connectivity index (χ3n) is 4.25. The molecule has 0 saturated heterocycles. The van der Waals surface area contributed by atoms with E-state index in [1.54, 1.807) is 0 Å². The molecule has 110 valence electrons. The van der Waals surface area contributed by atoms with Crippen LogP contribution in [0.3, 0.4) is 0 Å². The Morgan fingerprint density at radius 2 is 1.75 bits per heavy atom. The second kappa shape index (κ2) is 8.05. The first-order chi connectivity index (χ1) is 9.78. The largest absolute Gasteiger partial charge is 0.352 e. The van der Waals surface area contributed by atoms with Gasteiger partial charge in [0.25, 0.3) is 0 Å². The molecule has 0 spiro atoms. The van der Waals surface area contributed by atoms with Gasteiger partial charge < -0.3 is 11.1 Å². The predicted octanol–water partition coefficient (Wildman–Crippen LogP) is 3.12. The molecule has 1 aromatic rings. The summed E-state index contributed by atoms with van der Waals surface area (Å²) in [5, 5.41) is 3.01. The summed E-state index contributed by atoms with van der Waals surface area (Å²) >= 11 is 0. The normalized spacial score (nSPS) is 16.1. The Hall–Kier alpha value is -1.35. The van der Waals surface area contributed by atoms with E-state index in [1.807, 2.05) is 24.3 Å². The molecule has 0 unspecified atom stereocenters. The maximum Gasteiger partial charge on any atom is 0.220 e. The van der Waals surface area contributed by atoms with Gasteiger partial charge in [-0.15, -0.1) is 0 Å². The molecule has 0 aliphatic heterocycles. The van der Waals surface area contributed by atoms with Gasteiger partial charge in [-0.2, -0.15) is 0 Å². The van der Waals surface area contributed by atoms with Crippen molar-refractivity contribution < 1.29 is 4.79 Å². The van der Waals surface area contributed by atoms with Crippen molar-refractivity contribution in [3.05, 3.63) is 35.4 Å². The van der Waals surface area contributed by atoms with Crippen LogP contribution in [0.25, 0.3) is 0 Å². The average molecular weight is 274 g/mol. The lowest BCUT2D eigenvalue weighted by Gasteiger charge is -2.21. The van der Waals surface area contributed by atoms with Gasteiger partial charge in [0.2, 0.25) is 5.91 Å². The highest BCUT2D eigenvalue weighted by atomic mass is 16.1. The lowest BCUT2D eigenvalue weighted by Crippen LogP contribution is -2.23. The molecule has 0 bridgehead atoms. The molecule has 1 aromatic carbocycles. The molecule has 0 heterocycles. The zero-order valence-electron chi connectivity index (χ0n) is 12.2. The summed E-state index contributed by atoms with van der Waals surface area (Å²) in [5.74, 6) is 0.955. The van der Waals surface area contributed by atoms with Gasteiger partial charge in [-0.05, 0) is 23.5 Å². The van der Waals surface area contributed by atoms with Crippen molar-refractivity contribution in [3.63, 3.8) is 0 Å². The third kappa shape index (κ3) is 4.97. The number of rotatable bonds is 6. The van der Waals surface area contributed by atoms with Gasteiger partial charge in [0.1, 0.15) is 0 Å². The minimum atomic E-state index is 0.179. The standard InChI is InChI=1S/C17H26N2O/c18-12-15-6-8-16(9-7-15)13-19-17(20)11-10-14-4-2-1-3-5-14/h6-9,14H,1-5,10-13,18H2,(H,19,20). The smallest absolute Gasteiger partial charge is 0.220 e. The minimum absolute atomic E-state index is 0.179. The molecule has 0 aromatic heterocycles. The van der Waals surface area contributed by atoms with E-state index in [9.17, 15) is 4.79 Å². The first-order valence-electron chi connectivity index (χ1n) is 7.82. The average Bonchev–Trinajstić information content (AvgIpc) is 2.52. The van der Waals surface area contributed by atoms with Crippen LogP contribution in [0.15, 0.2) is 24.3 Å². The minimum Gasteiger partial charge on any atom is -0.352 e. The third-order valence-corrected chi connectivity index (χ3v) is 4.25. The summed E-state index contributed by atoms with van der Waals surface area (Å²) in [6.07, 6.45) is 8.42. The summed E-state index contributed by atoms with van der Waals surface area (Å²) in [7, 11) is 0. The highest BCUT2D eigenvalue weighted by molar-refractivity contribution is 5.75. The lowest BCUT2D eigenvalue weighted by atomic mass is 9.86. The topological polar surface area (TPSA) is 55.1 Å². The maximum absolute atomic E-state index is 11.9. The molecule has 1 aliphatic carbocycles. The fraction of sp³-hybridized carbons (Fsp3) is 0.588. The van der Waals surface area contributed by atoms with Crippen LogP contribution in [0, 0.1) is 5.92 Å². The first-order valence-corrected chi connectivity index (χ1v) is 7.82. The Balaban J connectivity index is 1.66. The van der Waals surface area contributed by atoms with Crippen LogP contribution in [0.4, 0.5) is 0 Å². The number of hydrogen-bond acceptors (Lipinski definition) is 2. The van der Waals surface area contributed by atoms with Gasteiger partial charge in [0.05, 0.1) is 0 Å². The highest BCUT2D eigenvalue weighted by Gasteiger charge is 2.14. The highest BCUT2D eigenvalue weighted by Crippen LogP contribution is 2.27. The summed E-state index contributed by atoms with van der Waals surface area (Å²) in [6, 6.07) is 8.10. The van der Waals surface area contributed by atoms with Crippen LogP contribution in [-0.2, 0) is 17.9 Å². The number of amides is 1. The lowest BCUT2D eigenvalue weighted by molar-refractivity contribution is -0.121. The van der Waals surface area contributed by atoms with Gasteiger partial charge in [0, 0.05) is 19.5 Å². The summed E-state index contributed by atoms with van der Waals surface area (Å²) in [6.45, 7) is 1.18. The molecule has 1 fully saturated rings. The van der Waals surface area contributed by atoms with E-state index >= 15 is 0 Å². The maximum atomic E-state index is 11.9. The molecule has 3 heteroatoms. The second-order valence-electron chi connectivity index (χ2n) is 5.84. The molecule has 0 atom stereocenters. The van der Waals surface area contributed by atoms with E-state index < -0.39 is 0 Å². The van der Waals surface area contributed by atoms with Crippen LogP contribution < -0.4 is 11.1 Å². The van der Waals surface area contributed by atoms with Gasteiger partial charge in [-0.25, -0.2) is 0 Å². The van der Waals surface area contributed by atoms with Crippen molar-refractivity contribution in [1.29, 1.82) is 0 Å². The second-order valence-corrected chi connectivity index (χ2v) is 5.84. The number of carbonyl (C=O) groups is 1. The van der Waals surface area contributed by atoms with E-state index in [2.05, 4.69) is 5.32 Å². The van der Waals surface area contributed by atoms with E-state index in [0.717, 1.165) is 23.5 Å². The van der Waals surface area contributed by atoms with Gasteiger partial charge in [-0.3, -0.25) is 4.79 Å². The van der Waals surface area contributed by atoms with E-state index in [-0.39, 0.29) is 5.91 Å². The molecule has 1 aliphatic rings. The number of nitrogens with two attached hydrogens (primary N) is 1. The van der Waals surface area contributed by atoms with E-state index in [0.29, 0.717) is 19.5 Å². The van der Waals surface area contributed by atoms with Crippen LogP contribution in [-0.4, -0.2) is 5.91 Å². The van der Waals surface area contributed by atoms with Crippen molar-refractivity contribution in [2.75, 3.05) is 0 Å². The number of benzene rings is 1. The van der Waals surface area contributed by atoms with Crippen LogP contribution in [0.5, 0.6) is 0 Å². The van der Waals surface area contributed by atoms with Crippen LogP contribution in [0.1, 0.15) is 56.1 Å². The van der Waals surface area contributed by atoms with Crippen molar-refractivity contribution >= 4 is 5.91 Å². The molecule has 2 rings (SSSR count). The number of nitrogens with one attached hydrogen (secondary N) is 1. The quantitative estimate of drug-likeness (QED) is 0.837. The SMILES string of the molecule is NCc1ccc(CNC(=O)CCC2CCCCC2)cc1. The first kappa shape index (κ1) is 15.0. The molecule has 0 radical (unpaired) electrons. The van der Waals surface area contributed by atoms with Crippen molar-refractivity contribution in [1.82, 2.24) is 5.32 Å². The van der Waals surface area contributed by atoms with Crippen molar-refractivity contribution in [2.24, 2.45) is 11.7 Å². The molecule has 3 N–H and O–H groups in total. The van der Waals surface area contributed by atoms with E-state index in [1.165, 1.54) is 32.1 Å². The Morgan fingerprint density at radius 3 is 2.40 bits per heavy atom. The fourth-order valence-corrected chi connectivity index (χ4v) is 2.89. The van der Waals surface area contributed by atoms with Crippen molar-refractivity contribution in [3.8, 4) is 0 Å². The zero-order valence-corrected chi connectivity index (χ0v) is 12.2. The van der Waals surface area contributed by atoms with Crippen molar-refractivity contribution in [2.45, 2.75) is 58.0 Å². The summed E-state index contributed by atoms with van der Waals surface area (Å²) in [4.78, 5) is 11.9. The zero-order chi connectivity index (χ0) is 14.2. The molecule has 20 heavy (non-hydrogen) atoms. The number of hydrogen-bond donors (Lipinski definition) is 2. The Kier molecular flexibility index (Phi) is 6.06. The molecule has 1 amide bonds. The Bertz CT molecular complexity index is 408. The van der Waals surface area contributed by atoms with Gasteiger partial charge >= 0.3 is 0 Å². The molecule has 1 saturated carbocycles. The van der Waals surface area contributed by atoms with Crippen LogP contribution >= 0.6 is 0 Å². The Morgan fingerprint density at radius 1 is 1.10 bits per heavy atom. The van der Waals surface area contributed by atoms with E-state index in [4.69, 9.17) is 5.73 Å². The molecular formula is C17H26N2O. The molecular weight excluding hydrogens is 248 g/mol. The van der Waals surface area contributed by atoms with Crippen LogP contribution in [0.2, 0.25) is 0 Å². The monoisotopic (exact) mass is 274 g/mol. The van der Waals surface area contributed by atoms with Gasteiger partial charge in [0.15, 0.2) is 0 Å². The summed E-state index contributed by atoms with van der Waals surface area (Å²) in [5.41, 5.74) is 7.82. The Labute approximate surface area is 121 Å². The predicted molar refractivity (Wildman–Crippen MR) is 82.0 cm³/mol. The van der Waals surface area contributed by atoms with Gasteiger partial charge in [-0.1, -0.05) is 56.4 Å². The molecule has 3 nitrogen and oxygen atoms in total.